The van der Waals surface area contributed by atoms with Crippen LogP contribution in [0.2, 0.25) is 0 Å². The highest BCUT2D eigenvalue weighted by atomic mass is 35.5. The molecular weight excluding hydrogens is 284 g/mol. The van der Waals surface area contributed by atoms with Gasteiger partial charge >= 0.3 is 0 Å². The minimum absolute atomic E-state index is 0. The highest BCUT2D eigenvalue weighted by molar-refractivity contribution is 5.85. The first-order chi connectivity index (χ1) is 9.76. The van der Waals surface area contributed by atoms with Gasteiger partial charge in [-0.3, -0.25) is 4.90 Å². The molecule has 0 aromatic heterocycles. The fraction of sp³-hybridized carbons (Fsp3) is 0.647. The van der Waals surface area contributed by atoms with Gasteiger partial charge in [-0.05, 0) is 45.7 Å². The second kappa shape index (κ2) is 7.48. The van der Waals surface area contributed by atoms with Gasteiger partial charge in [-0.1, -0.05) is 18.2 Å². The average molecular weight is 311 g/mol. The Morgan fingerprint density at radius 2 is 1.86 bits per heavy atom. The van der Waals surface area contributed by atoms with E-state index in [9.17, 15) is 0 Å². The van der Waals surface area contributed by atoms with E-state index < -0.39 is 0 Å². The van der Waals surface area contributed by atoms with Crippen LogP contribution in [0.4, 0.5) is 0 Å². The number of nitrogens with zero attached hydrogens (tertiary/aromatic N) is 1. The lowest BCUT2D eigenvalue weighted by atomic mass is 9.98. The molecular formula is C17H27ClN2O. The molecule has 1 N–H and O–H groups in total. The molecule has 1 aromatic carbocycles. The molecule has 2 aliphatic heterocycles. The summed E-state index contributed by atoms with van der Waals surface area (Å²) in [5, 5.41) is 3.72. The Hall–Kier alpha value is -0.770. The van der Waals surface area contributed by atoms with E-state index in [-0.39, 0.29) is 12.4 Å². The molecule has 21 heavy (non-hydrogen) atoms. The lowest BCUT2D eigenvalue weighted by molar-refractivity contribution is 0.164. The van der Waals surface area contributed by atoms with Crippen LogP contribution in [-0.4, -0.2) is 36.7 Å². The van der Waals surface area contributed by atoms with Gasteiger partial charge in [-0.2, -0.15) is 0 Å². The molecule has 1 aromatic rings. The molecule has 2 unspecified atom stereocenters. The summed E-state index contributed by atoms with van der Waals surface area (Å²) in [5.74, 6) is 1.04. The third-order valence-electron chi connectivity index (χ3n) is 4.76. The number of halogens is 1. The quantitative estimate of drug-likeness (QED) is 0.903. The van der Waals surface area contributed by atoms with Crippen molar-refractivity contribution in [2.45, 2.75) is 57.3 Å². The van der Waals surface area contributed by atoms with Gasteiger partial charge in [0.25, 0.3) is 0 Å². The lowest BCUT2D eigenvalue weighted by Crippen LogP contribution is -2.46. The van der Waals surface area contributed by atoms with Crippen molar-refractivity contribution in [2.75, 3.05) is 13.7 Å². The van der Waals surface area contributed by atoms with E-state index in [1.54, 1.807) is 0 Å². The molecule has 118 valence electrons. The number of fused-ring (bicyclic) bond motifs is 2. The van der Waals surface area contributed by atoms with E-state index in [0.29, 0.717) is 6.04 Å². The van der Waals surface area contributed by atoms with E-state index in [4.69, 9.17) is 4.74 Å². The van der Waals surface area contributed by atoms with Gasteiger partial charge in [0.15, 0.2) is 0 Å². The molecule has 2 bridgehead atoms. The summed E-state index contributed by atoms with van der Waals surface area (Å²) in [4.78, 5) is 2.52. The number of benzene rings is 1. The van der Waals surface area contributed by atoms with Crippen molar-refractivity contribution in [2.24, 2.45) is 0 Å². The Labute approximate surface area is 134 Å². The molecule has 4 heteroatoms. The van der Waals surface area contributed by atoms with Crippen molar-refractivity contribution in [3.05, 3.63) is 29.8 Å². The third kappa shape index (κ3) is 3.91. The summed E-state index contributed by atoms with van der Waals surface area (Å²) in [6, 6.07) is 10.7. The summed E-state index contributed by atoms with van der Waals surface area (Å²) in [5.41, 5.74) is 1.31. The largest absolute Gasteiger partial charge is 0.494 e. The summed E-state index contributed by atoms with van der Waals surface area (Å²) < 4.78 is 5.74. The second-order valence-electron chi connectivity index (χ2n) is 6.22. The molecule has 2 heterocycles. The zero-order valence-electron chi connectivity index (χ0n) is 13.0. The Morgan fingerprint density at radius 1 is 1.19 bits per heavy atom. The van der Waals surface area contributed by atoms with Gasteiger partial charge in [-0.15, -0.1) is 12.4 Å². The molecule has 2 aliphatic rings. The van der Waals surface area contributed by atoms with Crippen molar-refractivity contribution >= 4 is 12.4 Å². The molecule has 0 saturated carbocycles. The third-order valence-corrected chi connectivity index (χ3v) is 4.76. The molecule has 0 amide bonds. The van der Waals surface area contributed by atoms with E-state index >= 15 is 0 Å². The van der Waals surface area contributed by atoms with Crippen LogP contribution < -0.4 is 10.1 Å². The van der Waals surface area contributed by atoms with Crippen molar-refractivity contribution in [1.29, 1.82) is 0 Å². The van der Waals surface area contributed by atoms with Gasteiger partial charge in [0.05, 0.1) is 6.61 Å². The van der Waals surface area contributed by atoms with Crippen LogP contribution >= 0.6 is 12.4 Å². The summed E-state index contributed by atoms with van der Waals surface area (Å²) in [6.45, 7) is 3.77. The number of para-hydroxylation sites is 1. The van der Waals surface area contributed by atoms with Crippen LogP contribution in [0.1, 0.15) is 38.2 Å². The van der Waals surface area contributed by atoms with Crippen molar-refractivity contribution in [3.63, 3.8) is 0 Å². The van der Waals surface area contributed by atoms with Crippen LogP contribution in [-0.2, 0) is 6.54 Å². The molecule has 2 fully saturated rings. The molecule has 0 aliphatic carbocycles. The molecule has 0 radical (unpaired) electrons. The first-order valence-corrected chi connectivity index (χ1v) is 7.93. The maximum absolute atomic E-state index is 5.74. The number of nitrogens with one attached hydrogen (secondary N) is 1. The van der Waals surface area contributed by atoms with Crippen molar-refractivity contribution in [3.8, 4) is 5.75 Å². The van der Waals surface area contributed by atoms with Crippen LogP contribution in [0.15, 0.2) is 24.3 Å². The smallest absolute Gasteiger partial charge is 0.123 e. The first-order valence-electron chi connectivity index (χ1n) is 7.93. The molecule has 3 rings (SSSR count). The zero-order chi connectivity index (χ0) is 13.9. The molecule has 2 atom stereocenters. The maximum Gasteiger partial charge on any atom is 0.123 e. The van der Waals surface area contributed by atoms with Crippen LogP contribution in [0.3, 0.4) is 0 Å². The average Bonchev–Trinajstić information content (AvgIpc) is 2.80. The SMILES string of the molecule is CCOc1ccccc1CN(C)C1CC2CCC(C1)N2.Cl. The van der Waals surface area contributed by atoms with Crippen molar-refractivity contribution < 1.29 is 4.74 Å². The first kappa shape index (κ1) is 16.6. The van der Waals surface area contributed by atoms with E-state index in [1.165, 1.54) is 31.2 Å². The molecule has 0 spiro atoms. The number of hydrogen-bond donors (Lipinski definition) is 1. The fourth-order valence-corrected chi connectivity index (χ4v) is 3.72. The van der Waals surface area contributed by atoms with Gasteiger partial charge in [0.2, 0.25) is 0 Å². The molecule has 3 nitrogen and oxygen atoms in total. The highest BCUT2D eigenvalue weighted by Gasteiger charge is 2.35. The van der Waals surface area contributed by atoms with Crippen LogP contribution in [0.5, 0.6) is 5.75 Å². The van der Waals surface area contributed by atoms with Crippen molar-refractivity contribution in [1.82, 2.24) is 10.2 Å². The van der Waals surface area contributed by atoms with Gasteiger partial charge in [0, 0.05) is 30.2 Å². The monoisotopic (exact) mass is 310 g/mol. The highest BCUT2D eigenvalue weighted by Crippen LogP contribution is 2.30. The van der Waals surface area contributed by atoms with Crippen LogP contribution in [0.25, 0.3) is 0 Å². The number of piperidine rings is 1. The van der Waals surface area contributed by atoms with Gasteiger partial charge < -0.3 is 10.1 Å². The Morgan fingerprint density at radius 3 is 2.52 bits per heavy atom. The lowest BCUT2D eigenvalue weighted by Gasteiger charge is -2.35. The van der Waals surface area contributed by atoms with E-state index in [1.807, 2.05) is 6.92 Å². The Bertz CT molecular complexity index is 442. The van der Waals surface area contributed by atoms with E-state index in [2.05, 4.69) is 41.5 Å². The predicted molar refractivity (Wildman–Crippen MR) is 89.3 cm³/mol. The Kier molecular flexibility index (Phi) is 5.91. The number of rotatable bonds is 5. The maximum atomic E-state index is 5.74. The normalized spacial score (nSPS) is 27.5. The standard InChI is InChI=1S/C17H26N2O.ClH/c1-3-20-17-7-5-4-6-13(17)12-19(2)16-10-14-8-9-15(11-16)18-14;/h4-7,14-16,18H,3,8-12H2,1-2H3;1H. The topological polar surface area (TPSA) is 24.5 Å². The summed E-state index contributed by atoms with van der Waals surface area (Å²) in [6.07, 6.45) is 5.32. The molecule has 2 saturated heterocycles. The number of hydrogen-bond acceptors (Lipinski definition) is 3. The van der Waals surface area contributed by atoms with E-state index in [0.717, 1.165) is 31.0 Å². The number of ether oxygens (including phenoxy) is 1. The zero-order valence-corrected chi connectivity index (χ0v) is 13.9. The summed E-state index contributed by atoms with van der Waals surface area (Å²) in [7, 11) is 2.26. The predicted octanol–water partition coefficient (Wildman–Crippen LogP) is 3.22. The second-order valence-corrected chi connectivity index (χ2v) is 6.22. The summed E-state index contributed by atoms with van der Waals surface area (Å²) >= 11 is 0. The van der Waals surface area contributed by atoms with Gasteiger partial charge in [-0.25, -0.2) is 0 Å². The minimum atomic E-state index is 0. The fourth-order valence-electron chi connectivity index (χ4n) is 3.72. The Balaban J connectivity index is 0.00000161. The van der Waals surface area contributed by atoms with Crippen LogP contribution in [0, 0.1) is 0 Å². The van der Waals surface area contributed by atoms with Gasteiger partial charge in [0.1, 0.15) is 5.75 Å². The minimum Gasteiger partial charge on any atom is -0.494 e.